The largest absolute Gasteiger partial charge is 0.493 e. The van der Waals surface area contributed by atoms with Gasteiger partial charge in [0, 0.05) is 24.8 Å². The Morgan fingerprint density at radius 3 is 2.74 bits per heavy atom. The predicted molar refractivity (Wildman–Crippen MR) is 72.8 cm³/mol. The van der Waals surface area contributed by atoms with Crippen LogP contribution in [0.15, 0.2) is 12.1 Å². The summed E-state index contributed by atoms with van der Waals surface area (Å²) in [6.45, 7) is 5.83. The van der Waals surface area contributed by atoms with E-state index in [0.717, 1.165) is 31.6 Å². The Bertz CT molecular complexity index is 428. The van der Waals surface area contributed by atoms with Gasteiger partial charge in [-0.3, -0.25) is 0 Å². The van der Waals surface area contributed by atoms with Gasteiger partial charge in [-0.05, 0) is 50.3 Å². The minimum Gasteiger partial charge on any atom is -0.493 e. The lowest BCUT2D eigenvalue weighted by molar-refractivity contribution is 0.0495. The molecule has 4 heteroatoms. The maximum absolute atomic E-state index is 13.6. The third-order valence-corrected chi connectivity index (χ3v) is 3.60. The van der Waals surface area contributed by atoms with Crippen LogP contribution in [0.3, 0.4) is 0 Å². The summed E-state index contributed by atoms with van der Waals surface area (Å²) in [6, 6.07) is 2.99. The van der Waals surface area contributed by atoms with E-state index in [1.807, 2.05) is 6.92 Å². The smallest absolute Gasteiger partial charge is 0.126 e. The van der Waals surface area contributed by atoms with Crippen molar-refractivity contribution >= 4 is 0 Å². The van der Waals surface area contributed by atoms with Crippen LogP contribution in [0, 0.1) is 18.7 Å². The summed E-state index contributed by atoms with van der Waals surface area (Å²) in [7, 11) is 0. The number of nitrogens with two attached hydrogens (primary N) is 1. The molecular formula is C15H22FNO2. The summed E-state index contributed by atoms with van der Waals surface area (Å²) in [5.74, 6) is 0.992. The highest BCUT2D eigenvalue weighted by atomic mass is 19.1. The van der Waals surface area contributed by atoms with Crippen molar-refractivity contribution in [1.29, 1.82) is 0 Å². The zero-order chi connectivity index (χ0) is 13.8. The van der Waals surface area contributed by atoms with Gasteiger partial charge in [-0.15, -0.1) is 0 Å². The number of hydrogen-bond acceptors (Lipinski definition) is 3. The third kappa shape index (κ3) is 3.67. The molecule has 1 fully saturated rings. The van der Waals surface area contributed by atoms with Gasteiger partial charge in [0.25, 0.3) is 0 Å². The SMILES string of the molecule is Cc1cc(OCC2CCOCC2)c([C@@H](C)N)cc1F. The fraction of sp³-hybridized carbons (Fsp3) is 0.600. The van der Waals surface area contributed by atoms with Crippen LogP contribution in [0.2, 0.25) is 0 Å². The zero-order valence-electron chi connectivity index (χ0n) is 11.6. The van der Waals surface area contributed by atoms with Crippen LogP contribution in [-0.2, 0) is 4.74 Å². The number of rotatable bonds is 4. The summed E-state index contributed by atoms with van der Waals surface area (Å²) in [5, 5.41) is 0. The van der Waals surface area contributed by atoms with Gasteiger partial charge in [0.15, 0.2) is 0 Å². The van der Waals surface area contributed by atoms with Crippen molar-refractivity contribution in [1.82, 2.24) is 0 Å². The minimum absolute atomic E-state index is 0.231. The zero-order valence-corrected chi connectivity index (χ0v) is 11.6. The van der Waals surface area contributed by atoms with Crippen LogP contribution in [0.5, 0.6) is 5.75 Å². The van der Waals surface area contributed by atoms with Crippen LogP contribution in [0.1, 0.15) is 36.9 Å². The molecular weight excluding hydrogens is 245 g/mol. The summed E-state index contributed by atoms with van der Waals surface area (Å²) < 4.78 is 24.8. The molecule has 1 aliphatic rings. The molecule has 1 aromatic rings. The topological polar surface area (TPSA) is 44.5 Å². The Morgan fingerprint density at radius 2 is 2.11 bits per heavy atom. The van der Waals surface area contributed by atoms with Crippen molar-refractivity contribution in [3.05, 3.63) is 29.1 Å². The van der Waals surface area contributed by atoms with Crippen LogP contribution in [0.4, 0.5) is 4.39 Å². The van der Waals surface area contributed by atoms with Crippen molar-refractivity contribution in [2.45, 2.75) is 32.7 Å². The molecule has 1 aromatic carbocycles. The molecule has 3 nitrogen and oxygen atoms in total. The molecule has 0 aromatic heterocycles. The van der Waals surface area contributed by atoms with E-state index >= 15 is 0 Å². The standard InChI is InChI=1S/C15H22FNO2/c1-10-7-15(13(11(2)17)8-14(10)16)19-9-12-3-5-18-6-4-12/h7-8,11-12H,3-6,9,17H2,1-2H3/t11-/m1/s1. The van der Waals surface area contributed by atoms with E-state index in [1.165, 1.54) is 6.07 Å². The van der Waals surface area contributed by atoms with Gasteiger partial charge in [0.05, 0.1) is 6.61 Å². The van der Waals surface area contributed by atoms with Crippen LogP contribution < -0.4 is 10.5 Å². The fourth-order valence-electron chi connectivity index (χ4n) is 2.27. The molecule has 2 rings (SSSR count). The van der Waals surface area contributed by atoms with Gasteiger partial charge in [-0.2, -0.15) is 0 Å². The molecule has 1 atom stereocenters. The molecule has 1 aliphatic heterocycles. The number of aryl methyl sites for hydroxylation is 1. The molecule has 1 heterocycles. The molecule has 106 valence electrons. The number of benzene rings is 1. The number of halogens is 1. The van der Waals surface area contributed by atoms with Crippen LogP contribution in [0.25, 0.3) is 0 Å². The molecule has 2 N–H and O–H groups in total. The predicted octanol–water partition coefficient (Wildman–Crippen LogP) is 2.96. The van der Waals surface area contributed by atoms with Crippen molar-refractivity contribution in [2.24, 2.45) is 11.7 Å². The molecule has 1 saturated heterocycles. The Balaban J connectivity index is 2.07. The molecule has 0 bridgehead atoms. The van der Waals surface area contributed by atoms with E-state index < -0.39 is 0 Å². The second-order valence-electron chi connectivity index (χ2n) is 5.29. The van der Waals surface area contributed by atoms with E-state index in [4.69, 9.17) is 15.2 Å². The molecule has 0 radical (unpaired) electrons. The van der Waals surface area contributed by atoms with E-state index in [9.17, 15) is 4.39 Å². The minimum atomic E-state index is -0.236. The molecule has 19 heavy (non-hydrogen) atoms. The van der Waals surface area contributed by atoms with E-state index in [1.54, 1.807) is 13.0 Å². The van der Waals surface area contributed by atoms with Crippen molar-refractivity contribution in [3.63, 3.8) is 0 Å². The van der Waals surface area contributed by atoms with Gasteiger partial charge < -0.3 is 15.2 Å². The highest BCUT2D eigenvalue weighted by molar-refractivity contribution is 5.39. The lowest BCUT2D eigenvalue weighted by atomic mass is 10.0. The Hall–Kier alpha value is -1.13. The summed E-state index contributed by atoms with van der Waals surface area (Å²) in [5.41, 5.74) is 7.20. The molecule has 0 unspecified atom stereocenters. The maximum Gasteiger partial charge on any atom is 0.126 e. The summed E-state index contributed by atoms with van der Waals surface area (Å²) in [6.07, 6.45) is 2.04. The summed E-state index contributed by atoms with van der Waals surface area (Å²) in [4.78, 5) is 0. The molecule has 0 amide bonds. The third-order valence-electron chi connectivity index (χ3n) is 3.60. The first-order valence-electron chi connectivity index (χ1n) is 6.84. The van der Waals surface area contributed by atoms with Gasteiger partial charge in [-0.1, -0.05) is 0 Å². The first-order chi connectivity index (χ1) is 9.08. The number of hydrogen-bond donors (Lipinski definition) is 1. The number of ether oxygens (including phenoxy) is 2. The lowest BCUT2D eigenvalue weighted by Gasteiger charge is -2.23. The van der Waals surface area contributed by atoms with Crippen molar-refractivity contribution in [3.8, 4) is 5.75 Å². The van der Waals surface area contributed by atoms with Gasteiger partial charge >= 0.3 is 0 Å². The Morgan fingerprint density at radius 1 is 1.42 bits per heavy atom. The van der Waals surface area contributed by atoms with E-state index in [2.05, 4.69) is 0 Å². The molecule has 0 aliphatic carbocycles. The second kappa shape index (κ2) is 6.35. The van der Waals surface area contributed by atoms with Crippen LogP contribution in [-0.4, -0.2) is 19.8 Å². The Labute approximate surface area is 113 Å². The Kier molecular flexibility index (Phi) is 4.77. The monoisotopic (exact) mass is 267 g/mol. The van der Waals surface area contributed by atoms with Crippen molar-refractivity contribution < 1.29 is 13.9 Å². The van der Waals surface area contributed by atoms with Gasteiger partial charge in [-0.25, -0.2) is 4.39 Å². The highest BCUT2D eigenvalue weighted by Crippen LogP contribution is 2.28. The first kappa shape index (κ1) is 14.3. The van der Waals surface area contributed by atoms with Crippen LogP contribution >= 0.6 is 0 Å². The quantitative estimate of drug-likeness (QED) is 0.912. The van der Waals surface area contributed by atoms with Gasteiger partial charge in [0.1, 0.15) is 11.6 Å². The summed E-state index contributed by atoms with van der Waals surface area (Å²) >= 11 is 0. The average Bonchev–Trinajstić information content (AvgIpc) is 2.40. The van der Waals surface area contributed by atoms with E-state index in [0.29, 0.717) is 23.8 Å². The van der Waals surface area contributed by atoms with E-state index in [-0.39, 0.29) is 11.9 Å². The average molecular weight is 267 g/mol. The molecule has 0 spiro atoms. The maximum atomic E-state index is 13.6. The van der Waals surface area contributed by atoms with Crippen molar-refractivity contribution in [2.75, 3.05) is 19.8 Å². The van der Waals surface area contributed by atoms with Gasteiger partial charge in [0.2, 0.25) is 0 Å². The normalized spacial score (nSPS) is 18.3. The molecule has 0 saturated carbocycles. The highest BCUT2D eigenvalue weighted by Gasteiger charge is 2.17. The fourth-order valence-corrected chi connectivity index (χ4v) is 2.27. The first-order valence-corrected chi connectivity index (χ1v) is 6.84. The lowest BCUT2D eigenvalue weighted by Crippen LogP contribution is -2.22. The second-order valence-corrected chi connectivity index (χ2v) is 5.29.